The molecule has 1 amide bonds. The maximum absolute atomic E-state index is 14.4. The Hall–Kier alpha value is -2.97. The van der Waals surface area contributed by atoms with E-state index in [-0.39, 0.29) is 11.8 Å². The fourth-order valence-electron chi connectivity index (χ4n) is 3.52. The molecule has 166 valence electrons. The molecule has 1 aliphatic rings. The van der Waals surface area contributed by atoms with Gasteiger partial charge >= 0.3 is 0 Å². The summed E-state index contributed by atoms with van der Waals surface area (Å²) in [5.41, 5.74) is 5.26. The molecule has 8 heteroatoms. The minimum atomic E-state index is -0.412. The Kier molecular flexibility index (Phi) is 7.59. The van der Waals surface area contributed by atoms with Crippen molar-refractivity contribution in [1.82, 2.24) is 15.0 Å². The van der Waals surface area contributed by atoms with E-state index < -0.39 is 11.7 Å². The lowest BCUT2D eigenvalue weighted by molar-refractivity contribution is -0.0675. The average Bonchev–Trinajstić information content (AvgIpc) is 3.08. The fraction of sp³-hybridized carbons (Fsp3) is 0.391. The summed E-state index contributed by atoms with van der Waals surface area (Å²) in [5.74, 6) is -0.805. The van der Waals surface area contributed by atoms with E-state index in [0.29, 0.717) is 30.0 Å². The van der Waals surface area contributed by atoms with Crippen LogP contribution in [0.2, 0.25) is 0 Å². The van der Waals surface area contributed by atoms with Crippen LogP contribution in [0.5, 0.6) is 0 Å². The van der Waals surface area contributed by atoms with Crippen molar-refractivity contribution in [2.75, 3.05) is 18.5 Å². The summed E-state index contributed by atoms with van der Waals surface area (Å²) < 4.78 is 21.5. The van der Waals surface area contributed by atoms with Gasteiger partial charge in [-0.25, -0.2) is 9.87 Å². The predicted octanol–water partition coefficient (Wildman–Crippen LogP) is 4.63. The number of carbonyl (C=O) groups is 1. The van der Waals surface area contributed by atoms with Gasteiger partial charge in [0.25, 0.3) is 5.91 Å². The van der Waals surface area contributed by atoms with Crippen LogP contribution >= 0.6 is 0 Å². The van der Waals surface area contributed by atoms with Gasteiger partial charge in [0.1, 0.15) is 11.5 Å². The van der Waals surface area contributed by atoms with Crippen LogP contribution in [0.3, 0.4) is 0 Å². The maximum Gasteiger partial charge on any atom is 0.293 e. The molecule has 1 aromatic carbocycles. The summed E-state index contributed by atoms with van der Waals surface area (Å²) in [6.07, 6.45) is 4.66. The normalized spacial score (nSPS) is 14.1. The lowest BCUT2D eigenvalue weighted by Gasteiger charge is -2.22. The van der Waals surface area contributed by atoms with Gasteiger partial charge in [-0.05, 0) is 43.5 Å². The zero-order valence-electron chi connectivity index (χ0n) is 18.4. The van der Waals surface area contributed by atoms with Crippen molar-refractivity contribution in [1.29, 1.82) is 0 Å². The summed E-state index contributed by atoms with van der Waals surface area (Å²) in [4.78, 5) is 22.7. The number of hydroxylamine groups is 1. The van der Waals surface area contributed by atoms with Gasteiger partial charge in [0.2, 0.25) is 0 Å². The Morgan fingerprint density at radius 3 is 2.71 bits per heavy atom. The van der Waals surface area contributed by atoms with E-state index in [4.69, 9.17) is 9.57 Å². The quantitative estimate of drug-likeness (QED) is 0.580. The Balaban J connectivity index is 0.00000132. The highest BCUT2D eigenvalue weighted by atomic mass is 19.1. The van der Waals surface area contributed by atoms with Crippen LogP contribution in [0, 0.1) is 12.7 Å². The van der Waals surface area contributed by atoms with Crippen LogP contribution in [0.4, 0.5) is 15.8 Å². The molecule has 0 atom stereocenters. The van der Waals surface area contributed by atoms with Crippen LogP contribution in [-0.4, -0.2) is 34.8 Å². The van der Waals surface area contributed by atoms with Gasteiger partial charge < -0.3 is 14.6 Å². The summed E-state index contributed by atoms with van der Waals surface area (Å²) >= 11 is 0. The molecule has 3 aromatic rings. The van der Waals surface area contributed by atoms with Gasteiger partial charge in [0, 0.05) is 38.0 Å². The molecule has 2 aromatic heterocycles. The zero-order chi connectivity index (χ0) is 22.4. The van der Waals surface area contributed by atoms with E-state index in [1.807, 2.05) is 32.9 Å². The molecule has 4 rings (SSSR count). The molecule has 0 radical (unpaired) electrons. The number of halogens is 1. The van der Waals surface area contributed by atoms with E-state index in [1.54, 1.807) is 30.1 Å². The standard InChI is InChI=1S/C21H23FN4O3.C2H6/c1-13-3-4-17(16(22)11-13)24-19-15-12-23-8-5-18(15)26(2)20(19)21(27)25-29-14-6-9-28-10-7-14;1-2/h3-5,8,11-12,14,24H,6-7,9-10H2,1-2H3,(H,25,27);1-2H3. The average molecular weight is 429 g/mol. The molecule has 7 nitrogen and oxygen atoms in total. The van der Waals surface area contributed by atoms with E-state index in [9.17, 15) is 9.18 Å². The largest absolute Gasteiger partial charge is 0.381 e. The molecule has 2 N–H and O–H groups in total. The van der Waals surface area contributed by atoms with E-state index in [1.165, 1.54) is 6.07 Å². The summed E-state index contributed by atoms with van der Waals surface area (Å²) in [6.45, 7) is 7.04. The molecule has 1 fully saturated rings. The number of carbonyl (C=O) groups excluding carboxylic acids is 1. The van der Waals surface area contributed by atoms with E-state index in [0.717, 1.165) is 23.9 Å². The van der Waals surface area contributed by atoms with Crippen molar-refractivity contribution in [3.05, 3.63) is 53.7 Å². The molecular weight excluding hydrogens is 399 g/mol. The first-order valence-electron chi connectivity index (χ1n) is 10.5. The second kappa shape index (κ2) is 10.4. The molecule has 0 spiro atoms. The molecule has 0 aliphatic carbocycles. The Labute approximate surface area is 181 Å². The fourth-order valence-corrected chi connectivity index (χ4v) is 3.52. The van der Waals surface area contributed by atoms with Crippen LogP contribution in [0.1, 0.15) is 42.7 Å². The first kappa shape index (κ1) is 22.7. The smallest absolute Gasteiger partial charge is 0.293 e. The highest BCUT2D eigenvalue weighted by molar-refractivity contribution is 6.09. The number of rotatable bonds is 5. The maximum atomic E-state index is 14.4. The summed E-state index contributed by atoms with van der Waals surface area (Å²) in [6, 6.07) is 6.71. The minimum Gasteiger partial charge on any atom is -0.381 e. The lowest BCUT2D eigenvalue weighted by atomic mass is 10.2. The third-order valence-electron chi connectivity index (χ3n) is 5.09. The molecule has 0 bridgehead atoms. The van der Waals surface area contributed by atoms with Crippen molar-refractivity contribution in [3.63, 3.8) is 0 Å². The Bertz CT molecular complexity index is 1040. The summed E-state index contributed by atoms with van der Waals surface area (Å²) in [7, 11) is 1.78. The molecule has 1 aliphatic heterocycles. The highest BCUT2D eigenvalue weighted by Crippen LogP contribution is 2.33. The van der Waals surface area contributed by atoms with E-state index in [2.05, 4.69) is 15.8 Å². The van der Waals surface area contributed by atoms with Crippen molar-refractivity contribution < 1.29 is 18.8 Å². The van der Waals surface area contributed by atoms with Crippen molar-refractivity contribution >= 4 is 28.2 Å². The van der Waals surface area contributed by atoms with Gasteiger partial charge in [0.05, 0.1) is 23.0 Å². The second-order valence-electron chi connectivity index (χ2n) is 7.14. The molecule has 3 heterocycles. The number of pyridine rings is 1. The van der Waals surface area contributed by atoms with Gasteiger partial charge in [0.15, 0.2) is 0 Å². The second-order valence-corrected chi connectivity index (χ2v) is 7.14. The number of nitrogens with zero attached hydrogens (tertiary/aromatic N) is 2. The lowest BCUT2D eigenvalue weighted by Crippen LogP contribution is -2.34. The predicted molar refractivity (Wildman–Crippen MR) is 119 cm³/mol. The third-order valence-corrected chi connectivity index (χ3v) is 5.09. The molecule has 1 saturated heterocycles. The molecule has 0 unspecified atom stereocenters. The van der Waals surface area contributed by atoms with Crippen molar-refractivity contribution in [2.24, 2.45) is 7.05 Å². The van der Waals surface area contributed by atoms with Gasteiger partial charge in [-0.3, -0.25) is 14.6 Å². The molecular formula is C23H29FN4O3. The first-order chi connectivity index (χ1) is 15.0. The number of nitrogens with one attached hydrogen (secondary N) is 2. The number of amides is 1. The van der Waals surface area contributed by atoms with Gasteiger partial charge in [-0.1, -0.05) is 19.9 Å². The first-order valence-corrected chi connectivity index (χ1v) is 10.5. The van der Waals surface area contributed by atoms with Gasteiger partial charge in [-0.2, -0.15) is 0 Å². The van der Waals surface area contributed by atoms with E-state index >= 15 is 0 Å². The number of benzene rings is 1. The number of hydrogen-bond donors (Lipinski definition) is 2. The van der Waals surface area contributed by atoms with Crippen LogP contribution in [0.25, 0.3) is 10.9 Å². The highest BCUT2D eigenvalue weighted by Gasteiger charge is 2.24. The minimum absolute atomic E-state index is 0.0880. The number of fused-ring (bicyclic) bond motifs is 1. The van der Waals surface area contributed by atoms with Crippen LogP contribution in [-0.2, 0) is 16.6 Å². The topological polar surface area (TPSA) is 77.4 Å². The van der Waals surface area contributed by atoms with Crippen molar-refractivity contribution in [3.8, 4) is 0 Å². The zero-order valence-corrected chi connectivity index (χ0v) is 18.4. The SMILES string of the molecule is CC.Cc1ccc(Nc2c(C(=O)NOC3CCOCC3)n(C)c3ccncc23)c(F)c1. The number of aromatic nitrogens is 2. The monoisotopic (exact) mass is 428 g/mol. The Morgan fingerprint density at radius 2 is 2.00 bits per heavy atom. The van der Waals surface area contributed by atoms with Gasteiger partial charge in [-0.15, -0.1) is 0 Å². The van der Waals surface area contributed by atoms with Crippen molar-refractivity contribution in [2.45, 2.75) is 39.7 Å². The van der Waals surface area contributed by atoms with Crippen LogP contribution < -0.4 is 10.8 Å². The number of hydrogen-bond acceptors (Lipinski definition) is 5. The molecule has 31 heavy (non-hydrogen) atoms. The van der Waals surface area contributed by atoms with Crippen LogP contribution in [0.15, 0.2) is 36.7 Å². The Morgan fingerprint density at radius 1 is 1.26 bits per heavy atom. The third kappa shape index (κ3) is 5.03. The molecule has 0 saturated carbocycles. The number of aryl methyl sites for hydroxylation is 2. The number of anilines is 2. The number of ether oxygens (including phenoxy) is 1. The summed E-state index contributed by atoms with van der Waals surface area (Å²) in [5, 5.41) is 3.79.